The topological polar surface area (TPSA) is 49.4 Å². The van der Waals surface area contributed by atoms with Crippen LogP contribution < -0.4 is 5.32 Å². The molecule has 0 radical (unpaired) electrons. The molecule has 1 N–H and O–H groups in total. The number of amides is 2. The molecule has 0 aliphatic heterocycles. The van der Waals surface area contributed by atoms with Crippen molar-refractivity contribution in [3.63, 3.8) is 0 Å². The summed E-state index contributed by atoms with van der Waals surface area (Å²) in [4.78, 5) is 26.2. The van der Waals surface area contributed by atoms with E-state index in [9.17, 15) is 9.59 Å². The third-order valence-electron chi connectivity index (χ3n) is 3.88. The normalized spacial score (nSPS) is 10.7. The van der Waals surface area contributed by atoms with Crippen LogP contribution in [-0.4, -0.2) is 29.8 Å². The van der Waals surface area contributed by atoms with E-state index < -0.39 is 11.8 Å². The molecule has 4 nitrogen and oxygen atoms in total. The highest BCUT2D eigenvalue weighted by atomic mass is 16.2. The van der Waals surface area contributed by atoms with E-state index in [1.165, 1.54) is 5.56 Å². The second-order valence-electron chi connectivity index (χ2n) is 6.23. The van der Waals surface area contributed by atoms with Crippen LogP contribution in [0.25, 0.3) is 0 Å². The monoisotopic (exact) mass is 318 g/mol. The van der Waals surface area contributed by atoms with Crippen LogP contribution in [0.3, 0.4) is 0 Å². The van der Waals surface area contributed by atoms with Crippen LogP contribution in [0, 0.1) is 0 Å². The van der Waals surface area contributed by atoms with Crippen molar-refractivity contribution in [2.75, 3.05) is 18.4 Å². The van der Waals surface area contributed by atoms with E-state index in [0.29, 0.717) is 24.7 Å². The van der Waals surface area contributed by atoms with Gasteiger partial charge in [0.05, 0.1) is 0 Å². The van der Waals surface area contributed by atoms with Gasteiger partial charge in [0, 0.05) is 18.8 Å². The van der Waals surface area contributed by atoms with Crippen molar-refractivity contribution in [3.05, 3.63) is 29.8 Å². The Bertz CT molecular complexity index is 487. The number of hydrogen-bond acceptors (Lipinski definition) is 2. The van der Waals surface area contributed by atoms with E-state index in [4.69, 9.17) is 0 Å². The van der Waals surface area contributed by atoms with Gasteiger partial charge in [0.1, 0.15) is 0 Å². The van der Waals surface area contributed by atoms with Gasteiger partial charge in [-0.2, -0.15) is 0 Å². The number of hydrogen-bond donors (Lipinski definition) is 1. The number of unbranched alkanes of at least 4 members (excludes halogenated alkanes) is 2. The van der Waals surface area contributed by atoms with Crippen molar-refractivity contribution >= 4 is 17.5 Å². The van der Waals surface area contributed by atoms with Crippen LogP contribution in [0.15, 0.2) is 24.3 Å². The number of nitrogens with zero attached hydrogens (tertiary/aromatic N) is 1. The summed E-state index contributed by atoms with van der Waals surface area (Å²) in [6, 6.07) is 7.67. The molecule has 2 amide bonds. The third kappa shape index (κ3) is 6.43. The molecule has 0 aliphatic carbocycles. The summed E-state index contributed by atoms with van der Waals surface area (Å²) < 4.78 is 0. The molecule has 0 fully saturated rings. The summed E-state index contributed by atoms with van der Waals surface area (Å²) in [5, 5.41) is 2.71. The lowest BCUT2D eigenvalue weighted by Gasteiger charge is -2.21. The molecule has 0 atom stereocenters. The molecule has 1 rings (SSSR count). The fourth-order valence-corrected chi connectivity index (χ4v) is 2.29. The Labute approximate surface area is 140 Å². The zero-order valence-electron chi connectivity index (χ0n) is 14.9. The van der Waals surface area contributed by atoms with Crippen molar-refractivity contribution in [2.45, 2.75) is 59.3 Å². The minimum absolute atomic E-state index is 0.431. The van der Waals surface area contributed by atoms with Gasteiger partial charge in [0.15, 0.2) is 0 Å². The molecule has 128 valence electrons. The Morgan fingerprint density at radius 3 is 1.96 bits per heavy atom. The fourth-order valence-electron chi connectivity index (χ4n) is 2.29. The fraction of sp³-hybridized carbons (Fsp3) is 0.579. The maximum atomic E-state index is 12.3. The molecular formula is C19H30N2O2. The smallest absolute Gasteiger partial charge is 0.313 e. The highest BCUT2D eigenvalue weighted by Crippen LogP contribution is 2.17. The van der Waals surface area contributed by atoms with Gasteiger partial charge in [-0.05, 0) is 36.5 Å². The maximum absolute atomic E-state index is 12.3. The molecule has 0 spiro atoms. The Kier molecular flexibility index (Phi) is 8.38. The van der Waals surface area contributed by atoms with Gasteiger partial charge in [-0.15, -0.1) is 0 Å². The lowest BCUT2D eigenvalue weighted by atomic mass is 10.0. The highest BCUT2D eigenvalue weighted by Gasteiger charge is 2.21. The maximum Gasteiger partial charge on any atom is 0.313 e. The first kappa shape index (κ1) is 19.2. The number of rotatable bonds is 8. The van der Waals surface area contributed by atoms with Crippen LogP contribution in [0.2, 0.25) is 0 Å². The number of carbonyl (C=O) groups is 2. The first-order chi connectivity index (χ1) is 11.0. The van der Waals surface area contributed by atoms with Crippen molar-refractivity contribution < 1.29 is 9.59 Å². The summed E-state index contributed by atoms with van der Waals surface area (Å²) >= 11 is 0. The first-order valence-electron chi connectivity index (χ1n) is 8.69. The van der Waals surface area contributed by atoms with E-state index in [1.54, 1.807) is 4.90 Å². The standard InChI is InChI=1S/C19H30N2O2/c1-5-7-13-21(14-8-6-2)19(23)18(22)20-17-11-9-16(10-12-17)15(3)4/h9-12,15H,5-8,13-14H2,1-4H3,(H,20,22). The molecule has 0 aromatic heterocycles. The average Bonchev–Trinajstić information content (AvgIpc) is 2.55. The van der Waals surface area contributed by atoms with Crippen LogP contribution in [-0.2, 0) is 9.59 Å². The van der Waals surface area contributed by atoms with Gasteiger partial charge < -0.3 is 10.2 Å². The molecule has 0 aliphatic rings. The average molecular weight is 318 g/mol. The third-order valence-corrected chi connectivity index (χ3v) is 3.88. The molecular weight excluding hydrogens is 288 g/mol. The summed E-state index contributed by atoms with van der Waals surface area (Å²) in [5.74, 6) is -0.533. The Hall–Kier alpha value is -1.84. The van der Waals surface area contributed by atoms with Crippen LogP contribution in [0.4, 0.5) is 5.69 Å². The Balaban J connectivity index is 2.67. The zero-order valence-corrected chi connectivity index (χ0v) is 14.9. The second kappa shape index (κ2) is 10.0. The van der Waals surface area contributed by atoms with E-state index in [0.717, 1.165) is 25.7 Å². The van der Waals surface area contributed by atoms with Gasteiger partial charge in [-0.25, -0.2) is 0 Å². The summed E-state index contributed by atoms with van der Waals surface area (Å²) in [6.45, 7) is 9.70. The number of nitrogens with one attached hydrogen (secondary N) is 1. The van der Waals surface area contributed by atoms with Gasteiger partial charge >= 0.3 is 11.8 Å². The SMILES string of the molecule is CCCCN(CCCC)C(=O)C(=O)Nc1ccc(C(C)C)cc1. The number of benzene rings is 1. The van der Waals surface area contributed by atoms with E-state index in [-0.39, 0.29) is 0 Å². The predicted molar refractivity (Wildman–Crippen MR) is 95.6 cm³/mol. The zero-order chi connectivity index (χ0) is 17.2. The largest absolute Gasteiger partial charge is 0.334 e. The molecule has 1 aromatic rings. The van der Waals surface area contributed by atoms with Crippen molar-refractivity contribution in [1.82, 2.24) is 4.90 Å². The molecule has 23 heavy (non-hydrogen) atoms. The van der Waals surface area contributed by atoms with Crippen molar-refractivity contribution in [3.8, 4) is 0 Å². The van der Waals surface area contributed by atoms with E-state index in [1.807, 2.05) is 24.3 Å². The van der Waals surface area contributed by atoms with Gasteiger partial charge in [-0.1, -0.05) is 52.7 Å². The van der Waals surface area contributed by atoms with E-state index in [2.05, 4.69) is 33.0 Å². The summed E-state index contributed by atoms with van der Waals surface area (Å²) in [7, 11) is 0. The molecule has 0 heterocycles. The first-order valence-corrected chi connectivity index (χ1v) is 8.69. The Morgan fingerprint density at radius 2 is 1.52 bits per heavy atom. The number of anilines is 1. The van der Waals surface area contributed by atoms with Crippen LogP contribution >= 0.6 is 0 Å². The molecule has 1 aromatic carbocycles. The van der Waals surface area contributed by atoms with Gasteiger partial charge in [0.25, 0.3) is 0 Å². The Morgan fingerprint density at radius 1 is 1.00 bits per heavy atom. The molecule has 4 heteroatoms. The van der Waals surface area contributed by atoms with Crippen LogP contribution in [0.5, 0.6) is 0 Å². The van der Waals surface area contributed by atoms with E-state index >= 15 is 0 Å². The minimum Gasteiger partial charge on any atom is -0.334 e. The summed E-state index contributed by atoms with van der Waals surface area (Å²) in [6.07, 6.45) is 3.86. The molecule has 0 unspecified atom stereocenters. The highest BCUT2D eigenvalue weighted by molar-refractivity contribution is 6.39. The quantitative estimate of drug-likeness (QED) is 0.731. The molecule has 0 bridgehead atoms. The lowest BCUT2D eigenvalue weighted by molar-refractivity contribution is -0.143. The second-order valence-corrected chi connectivity index (χ2v) is 6.23. The lowest BCUT2D eigenvalue weighted by Crippen LogP contribution is -2.40. The number of carbonyl (C=O) groups excluding carboxylic acids is 2. The summed E-state index contributed by atoms with van der Waals surface area (Å²) in [5.41, 5.74) is 1.88. The van der Waals surface area contributed by atoms with Gasteiger partial charge in [0.2, 0.25) is 0 Å². The molecule has 0 saturated heterocycles. The minimum atomic E-state index is -0.547. The predicted octanol–water partition coefficient (Wildman–Crippen LogP) is 4.18. The van der Waals surface area contributed by atoms with Crippen molar-refractivity contribution in [1.29, 1.82) is 0 Å². The molecule has 0 saturated carbocycles. The van der Waals surface area contributed by atoms with Crippen molar-refractivity contribution in [2.24, 2.45) is 0 Å². The van der Waals surface area contributed by atoms with Gasteiger partial charge in [-0.3, -0.25) is 9.59 Å². The van der Waals surface area contributed by atoms with Crippen LogP contribution in [0.1, 0.15) is 64.9 Å².